The molecule has 29 heavy (non-hydrogen) atoms. The van der Waals surface area contributed by atoms with Crippen molar-refractivity contribution in [2.75, 3.05) is 18.5 Å². The summed E-state index contributed by atoms with van der Waals surface area (Å²) in [4.78, 5) is 24.2. The number of nitrogens with one attached hydrogen (secondary N) is 1. The second-order valence-electron chi connectivity index (χ2n) is 6.09. The van der Waals surface area contributed by atoms with Crippen LogP contribution >= 0.6 is 11.6 Å². The standard InChI is InChI=1S/C18H17ClN2O7S/c1-10(17(22)21-12-3-5-14-15(9-12)27-7-6-26-14)28-18(23)11-2-4-13(19)16(8-11)29(20,24)25/h2-5,8-10H,6-7H2,1H3,(H,21,22)(H2,20,24,25)/t10-/m0/s1. The van der Waals surface area contributed by atoms with E-state index in [-0.39, 0.29) is 10.6 Å². The Balaban J connectivity index is 1.67. The highest BCUT2D eigenvalue weighted by molar-refractivity contribution is 7.89. The zero-order chi connectivity index (χ0) is 21.2. The van der Waals surface area contributed by atoms with Gasteiger partial charge in [-0.25, -0.2) is 18.4 Å². The van der Waals surface area contributed by atoms with Crippen LogP contribution < -0.4 is 19.9 Å². The molecule has 3 rings (SSSR count). The average molecular weight is 441 g/mol. The molecule has 0 spiro atoms. The first-order valence-electron chi connectivity index (χ1n) is 8.39. The molecule has 0 radical (unpaired) electrons. The fourth-order valence-electron chi connectivity index (χ4n) is 2.50. The lowest BCUT2D eigenvalue weighted by molar-refractivity contribution is -0.123. The van der Waals surface area contributed by atoms with Crippen LogP contribution in [0, 0.1) is 0 Å². The topological polar surface area (TPSA) is 134 Å². The lowest BCUT2D eigenvalue weighted by Crippen LogP contribution is -2.30. The Morgan fingerprint density at radius 2 is 1.83 bits per heavy atom. The van der Waals surface area contributed by atoms with E-state index in [1.165, 1.54) is 19.1 Å². The van der Waals surface area contributed by atoms with E-state index in [0.29, 0.717) is 30.4 Å². The number of primary sulfonamides is 1. The molecule has 0 aromatic heterocycles. The highest BCUT2D eigenvalue weighted by Crippen LogP contribution is 2.32. The Morgan fingerprint density at radius 3 is 2.52 bits per heavy atom. The van der Waals surface area contributed by atoms with E-state index in [9.17, 15) is 18.0 Å². The first-order chi connectivity index (χ1) is 13.6. The number of halogens is 1. The molecule has 2 aromatic rings. The second kappa shape index (κ2) is 8.27. The summed E-state index contributed by atoms with van der Waals surface area (Å²) in [6.45, 7) is 2.23. The maximum absolute atomic E-state index is 12.3. The number of anilines is 1. The predicted molar refractivity (Wildman–Crippen MR) is 104 cm³/mol. The molecule has 1 heterocycles. The first-order valence-corrected chi connectivity index (χ1v) is 10.3. The smallest absolute Gasteiger partial charge is 0.338 e. The van der Waals surface area contributed by atoms with Crippen LogP contribution in [0.1, 0.15) is 17.3 Å². The number of ether oxygens (including phenoxy) is 3. The van der Waals surface area contributed by atoms with Gasteiger partial charge in [-0.3, -0.25) is 4.79 Å². The first kappa shape index (κ1) is 20.9. The summed E-state index contributed by atoms with van der Waals surface area (Å²) in [7, 11) is -4.12. The van der Waals surface area contributed by atoms with Crippen LogP contribution in [0.4, 0.5) is 5.69 Å². The zero-order valence-corrected chi connectivity index (χ0v) is 16.7. The Bertz CT molecular complexity index is 1070. The molecule has 0 bridgehead atoms. The van der Waals surface area contributed by atoms with Gasteiger partial charge in [0.25, 0.3) is 5.91 Å². The van der Waals surface area contributed by atoms with Crippen LogP contribution in [0.5, 0.6) is 11.5 Å². The van der Waals surface area contributed by atoms with Crippen molar-refractivity contribution in [2.24, 2.45) is 5.14 Å². The molecule has 9 nitrogen and oxygen atoms in total. The number of fused-ring (bicyclic) bond motifs is 1. The van der Waals surface area contributed by atoms with Crippen molar-refractivity contribution >= 4 is 39.2 Å². The monoisotopic (exact) mass is 440 g/mol. The molecule has 0 aliphatic carbocycles. The molecule has 0 saturated carbocycles. The fraction of sp³-hybridized carbons (Fsp3) is 0.222. The van der Waals surface area contributed by atoms with E-state index in [2.05, 4.69) is 5.32 Å². The van der Waals surface area contributed by atoms with E-state index >= 15 is 0 Å². The summed E-state index contributed by atoms with van der Waals surface area (Å²) in [5, 5.41) is 7.54. The number of sulfonamides is 1. The van der Waals surface area contributed by atoms with Gasteiger partial charge in [-0.1, -0.05) is 11.6 Å². The number of hydrogen-bond acceptors (Lipinski definition) is 7. The van der Waals surface area contributed by atoms with Crippen molar-refractivity contribution < 1.29 is 32.2 Å². The van der Waals surface area contributed by atoms with Crippen molar-refractivity contribution in [3.8, 4) is 11.5 Å². The maximum Gasteiger partial charge on any atom is 0.338 e. The Kier molecular flexibility index (Phi) is 5.96. The summed E-state index contributed by atoms with van der Waals surface area (Å²) >= 11 is 5.79. The molecular formula is C18H17ClN2O7S. The third kappa shape index (κ3) is 4.97. The molecule has 1 atom stereocenters. The van der Waals surface area contributed by atoms with Gasteiger partial charge in [-0.15, -0.1) is 0 Å². The van der Waals surface area contributed by atoms with Crippen LogP contribution in [0.15, 0.2) is 41.3 Å². The summed E-state index contributed by atoms with van der Waals surface area (Å²) in [6.07, 6.45) is -1.16. The molecule has 11 heteroatoms. The quantitative estimate of drug-likeness (QED) is 0.678. The summed E-state index contributed by atoms with van der Waals surface area (Å²) in [5.41, 5.74) is 0.322. The van der Waals surface area contributed by atoms with Gasteiger partial charge in [0.15, 0.2) is 17.6 Å². The molecule has 1 aliphatic rings. The van der Waals surface area contributed by atoms with E-state index in [4.69, 9.17) is 31.0 Å². The van der Waals surface area contributed by atoms with Crippen molar-refractivity contribution in [1.29, 1.82) is 0 Å². The molecule has 1 amide bonds. The van der Waals surface area contributed by atoms with Gasteiger partial charge >= 0.3 is 5.97 Å². The highest BCUT2D eigenvalue weighted by Gasteiger charge is 2.22. The number of amides is 1. The summed E-state index contributed by atoms with van der Waals surface area (Å²) in [6, 6.07) is 8.34. The van der Waals surface area contributed by atoms with Crippen LogP contribution in [0.3, 0.4) is 0 Å². The molecule has 1 aliphatic heterocycles. The van der Waals surface area contributed by atoms with Crippen LogP contribution in [0.25, 0.3) is 0 Å². The number of esters is 1. The largest absolute Gasteiger partial charge is 0.486 e. The molecular weight excluding hydrogens is 424 g/mol. The van der Waals surface area contributed by atoms with Crippen LogP contribution in [-0.2, 0) is 19.6 Å². The van der Waals surface area contributed by atoms with E-state index in [1.54, 1.807) is 18.2 Å². The lowest BCUT2D eigenvalue weighted by atomic mass is 10.2. The minimum Gasteiger partial charge on any atom is -0.486 e. The van der Waals surface area contributed by atoms with Crippen LogP contribution in [0.2, 0.25) is 5.02 Å². The van der Waals surface area contributed by atoms with Gasteiger partial charge in [0.05, 0.1) is 10.6 Å². The number of carbonyl (C=O) groups is 2. The summed E-state index contributed by atoms with van der Waals surface area (Å²) < 4.78 is 39.0. The summed E-state index contributed by atoms with van der Waals surface area (Å²) in [5.74, 6) is -0.426. The van der Waals surface area contributed by atoms with E-state index in [1.807, 2.05) is 0 Å². The van der Waals surface area contributed by atoms with Gasteiger partial charge in [-0.05, 0) is 37.3 Å². The molecule has 154 valence electrons. The van der Waals surface area contributed by atoms with E-state index < -0.39 is 32.9 Å². The third-order valence-electron chi connectivity index (χ3n) is 3.94. The number of carbonyl (C=O) groups excluding carboxylic acids is 2. The van der Waals surface area contributed by atoms with Gasteiger partial charge in [0.2, 0.25) is 10.0 Å². The Labute approximate surface area is 171 Å². The van der Waals surface area contributed by atoms with Gasteiger partial charge in [-0.2, -0.15) is 0 Å². The Hall–Kier alpha value is -2.82. The lowest BCUT2D eigenvalue weighted by Gasteiger charge is -2.19. The molecule has 2 aromatic carbocycles. The average Bonchev–Trinajstić information content (AvgIpc) is 2.67. The predicted octanol–water partition coefficient (Wildman–Crippen LogP) is 1.94. The Morgan fingerprint density at radius 1 is 1.14 bits per heavy atom. The minimum absolute atomic E-state index is 0.114. The van der Waals surface area contributed by atoms with Gasteiger partial charge < -0.3 is 19.5 Å². The number of hydrogen-bond donors (Lipinski definition) is 2. The zero-order valence-electron chi connectivity index (χ0n) is 15.2. The number of nitrogens with two attached hydrogens (primary N) is 1. The third-order valence-corrected chi connectivity index (χ3v) is 5.33. The molecule has 3 N–H and O–H groups in total. The molecule has 0 unspecified atom stereocenters. The normalized spacial score (nSPS) is 14.0. The van der Waals surface area contributed by atoms with Crippen molar-refractivity contribution in [3.63, 3.8) is 0 Å². The molecule has 0 saturated heterocycles. The van der Waals surface area contributed by atoms with Gasteiger partial charge in [0.1, 0.15) is 18.1 Å². The number of benzene rings is 2. The molecule has 0 fully saturated rings. The highest BCUT2D eigenvalue weighted by atomic mass is 35.5. The second-order valence-corrected chi connectivity index (χ2v) is 8.02. The number of rotatable bonds is 5. The van der Waals surface area contributed by atoms with Gasteiger partial charge in [0, 0.05) is 11.8 Å². The van der Waals surface area contributed by atoms with Crippen molar-refractivity contribution in [2.45, 2.75) is 17.9 Å². The minimum atomic E-state index is -4.12. The van der Waals surface area contributed by atoms with Crippen molar-refractivity contribution in [3.05, 3.63) is 47.0 Å². The van der Waals surface area contributed by atoms with Crippen LogP contribution in [-0.4, -0.2) is 39.6 Å². The fourth-order valence-corrected chi connectivity index (χ4v) is 3.57. The van der Waals surface area contributed by atoms with Crippen molar-refractivity contribution in [1.82, 2.24) is 0 Å². The van der Waals surface area contributed by atoms with E-state index in [0.717, 1.165) is 6.07 Å². The maximum atomic E-state index is 12.3. The SMILES string of the molecule is C[C@H](OC(=O)c1ccc(Cl)c(S(N)(=O)=O)c1)C(=O)Nc1ccc2c(c1)OCCO2.